The number of hydrogen-bond donors (Lipinski definition) is 0. The van der Waals surface area contributed by atoms with Gasteiger partial charge in [-0.3, -0.25) is 0 Å². The van der Waals surface area contributed by atoms with Crippen LogP contribution in [-0.2, 0) is 11.2 Å². The van der Waals surface area contributed by atoms with Crippen LogP contribution in [0.5, 0.6) is 5.75 Å². The van der Waals surface area contributed by atoms with Crippen molar-refractivity contribution in [2.24, 2.45) is 0 Å². The standard InChI is InChI=1S/C20H16O3/c21-20(13-12-18-10-6-14-22-18)23-19-11-5-4-9-17(19)15-16-7-2-1-3-8-16/h1-14H,15H2/b13-12+. The van der Waals surface area contributed by atoms with Gasteiger partial charge in [-0.15, -0.1) is 0 Å². The molecule has 2 aromatic carbocycles. The van der Waals surface area contributed by atoms with E-state index >= 15 is 0 Å². The van der Waals surface area contributed by atoms with E-state index in [0.717, 1.165) is 5.56 Å². The number of esters is 1. The fourth-order valence-electron chi connectivity index (χ4n) is 2.24. The van der Waals surface area contributed by atoms with Crippen LogP contribution in [0.1, 0.15) is 16.9 Å². The first-order chi connectivity index (χ1) is 11.3. The van der Waals surface area contributed by atoms with E-state index in [1.165, 1.54) is 11.6 Å². The Morgan fingerprint density at radius 2 is 1.74 bits per heavy atom. The SMILES string of the molecule is O=C(/C=C/c1ccco1)Oc1ccccc1Cc1ccccc1. The third-order valence-corrected chi connectivity index (χ3v) is 3.35. The molecule has 0 saturated carbocycles. The van der Waals surface area contributed by atoms with E-state index < -0.39 is 5.97 Å². The van der Waals surface area contributed by atoms with Crippen molar-refractivity contribution in [2.75, 3.05) is 0 Å². The number of hydrogen-bond acceptors (Lipinski definition) is 3. The fourth-order valence-corrected chi connectivity index (χ4v) is 2.24. The van der Waals surface area contributed by atoms with Crippen molar-refractivity contribution >= 4 is 12.0 Å². The number of furan rings is 1. The molecule has 1 aromatic heterocycles. The Balaban J connectivity index is 1.71. The van der Waals surface area contributed by atoms with Gasteiger partial charge in [-0.2, -0.15) is 0 Å². The summed E-state index contributed by atoms with van der Waals surface area (Å²) in [5, 5.41) is 0. The summed E-state index contributed by atoms with van der Waals surface area (Å²) in [4.78, 5) is 12.0. The lowest BCUT2D eigenvalue weighted by Crippen LogP contribution is -2.06. The number of benzene rings is 2. The number of ether oxygens (including phenoxy) is 1. The summed E-state index contributed by atoms with van der Waals surface area (Å²) in [6.45, 7) is 0. The van der Waals surface area contributed by atoms with E-state index in [9.17, 15) is 4.79 Å². The number of carbonyl (C=O) groups excluding carboxylic acids is 1. The Bertz CT molecular complexity index is 787. The maximum absolute atomic E-state index is 12.0. The molecule has 3 heteroatoms. The van der Waals surface area contributed by atoms with Gasteiger partial charge in [0.2, 0.25) is 0 Å². The first kappa shape index (κ1) is 14.9. The molecule has 0 fully saturated rings. The molecule has 0 aliphatic carbocycles. The number of para-hydroxylation sites is 1. The molecule has 3 nitrogen and oxygen atoms in total. The Morgan fingerprint density at radius 3 is 2.52 bits per heavy atom. The van der Waals surface area contributed by atoms with Crippen LogP contribution in [-0.4, -0.2) is 5.97 Å². The minimum absolute atomic E-state index is 0.429. The van der Waals surface area contributed by atoms with Gasteiger partial charge in [-0.25, -0.2) is 4.79 Å². The second-order valence-electron chi connectivity index (χ2n) is 5.04. The van der Waals surface area contributed by atoms with E-state index in [-0.39, 0.29) is 0 Å². The van der Waals surface area contributed by atoms with Crippen molar-refractivity contribution in [3.05, 3.63) is 96.0 Å². The maximum Gasteiger partial charge on any atom is 0.336 e. The molecule has 0 aliphatic rings. The first-order valence-corrected chi connectivity index (χ1v) is 7.36. The smallest absolute Gasteiger partial charge is 0.336 e. The lowest BCUT2D eigenvalue weighted by molar-refractivity contribution is -0.128. The molecule has 3 rings (SSSR count). The molecule has 0 amide bonds. The highest BCUT2D eigenvalue weighted by Gasteiger charge is 2.07. The third-order valence-electron chi connectivity index (χ3n) is 3.35. The summed E-state index contributed by atoms with van der Waals surface area (Å²) in [6.07, 6.45) is 5.21. The average Bonchev–Trinajstić information content (AvgIpc) is 3.09. The van der Waals surface area contributed by atoms with Gasteiger partial charge < -0.3 is 9.15 Å². The van der Waals surface area contributed by atoms with Crippen molar-refractivity contribution in [3.8, 4) is 5.75 Å². The average molecular weight is 304 g/mol. The largest absolute Gasteiger partial charge is 0.465 e. The van der Waals surface area contributed by atoms with Crippen LogP contribution in [0, 0.1) is 0 Å². The summed E-state index contributed by atoms with van der Waals surface area (Å²) in [7, 11) is 0. The van der Waals surface area contributed by atoms with Crippen LogP contribution < -0.4 is 4.74 Å². The van der Waals surface area contributed by atoms with Crippen LogP contribution in [0.25, 0.3) is 6.08 Å². The molecular formula is C20H16O3. The van der Waals surface area contributed by atoms with Crippen LogP contribution in [0.3, 0.4) is 0 Å². The highest BCUT2D eigenvalue weighted by Crippen LogP contribution is 2.21. The van der Waals surface area contributed by atoms with Gasteiger partial charge in [0.05, 0.1) is 6.26 Å². The molecule has 114 valence electrons. The normalized spacial score (nSPS) is 10.8. The molecule has 0 radical (unpaired) electrons. The highest BCUT2D eigenvalue weighted by molar-refractivity contribution is 5.88. The van der Waals surface area contributed by atoms with Gasteiger partial charge in [0.15, 0.2) is 0 Å². The lowest BCUT2D eigenvalue weighted by atomic mass is 10.0. The molecule has 3 aromatic rings. The molecule has 0 bridgehead atoms. The van der Waals surface area contributed by atoms with E-state index in [4.69, 9.17) is 9.15 Å². The minimum Gasteiger partial charge on any atom is -0.465 e. The molecule has 0 atom stereocenters. The Hall–Kier alpha value is -3.07. The van der Waals surface area contributed by atoms with Gasteiger partial charge in [-0.05, 0) is 35.4 Å². The number of rotatable bonds is 5. The Kier molecular flexibility index (Phi) is 4.69. The summed E-state index contributed by atoms with van der Waals surface area (Å²) in [5.41, 5.74) is 2.14. The molecule has 0 saturated heterocycles. The zero-order valence-corrected chi connectivity index (χ0v) is 12.5. The third kappa shape index (κ3) is 4.20. The van der Waals surface area contributed by atoms with Crippen LogP contribution >= 0.6 is 0 Å². The molecule has 0 spiro atoms. The van der Waals surface area contributed by atoms with Crippen LogP contribution in [0.2, 0.25) is 0 Å². The Labute approximate surface area is 134 Å². The molecule has 0 aliphatic heterocycles. The van der Waals surface area contributed by atoms with Crippen molar-refractivity contribution in [1.82, 2.24) is 0 Å². The second-order valence-corrected chi connectivity index (χ2v) is 5.04. The monoisotopic (exact) mass is 304 g/mol. The van der Waals surface area contributed by atoms with Crippen molar-refractivity contribution < 1.29 is 13.9 Å². The van der Waals surface area contributed by atoms with E-state index in [0.29, 0.717) is 17.9 Å². The topological polar surface area (TPSA) is 39.4 Å². The highest BCUT2D eigenvalue weighted by atomic mass is 16.5. The predicted molar refractivity (Wildman–Crippen MR) is 89.1 cm³/mol. The van der Waals surface area contributed by atoms with Crippen LogP contribution in [0.4, 0.5) is 0 Å². The van der Waals surface area contributed by atoms with Crippen molar-refractivity contribution in [2.45, 2.75) is 6.42 Å². The Morgan fingerprint density at radius 1 is 0.957 bits per heavy atom. The zero-order chi connectivity index (χ0) is 15.9. The molecule has 0 unspecified atom stereocenters. The first-order valence-electron chi connectivity index (χ1n) is 7.36. The van der Waals surface area contributed by atoms with E-state index in [2.05, 4.69) is 12.1 Å². The molecule has 1 heterocycles. The quantitative estimate of drug-likeness (QED) is 0.396. The number of carbonyl (C=O) groups is 1. The summed E-state index contributed by atoms with van der Waals surface area (Å²) >= 11 is 0. The lowest BCUT2D eigenvalue weighted by Gasteiger charge is -2.08. The van der Waals surface area contributed by atoms with Gasteiger partial charge in [0.1, 0.15) is 11.5 Å². The molecule has 0 N–H and O–H groups in total. The van der Waals surface area contributed by atoms with Crippen molar-refractivity contribution in [1.29, 1.82) is 0 Å². The van der Waals surface area contributed by atoms with Gasteiger partial charge in [-0.1, -0.05) is 48.5 Å². The second kappa shape index (κ2) is 7.27. The molecular weight excluding hydrogens is 288 g/mol. The molecule has 23 heavy (non-hydrogen) atoms. The summed E-state index contributed by atoms with van der Waals surface area (Å²) < 4.78 is 10.6. The summed E-state index contributed by atoms with van der Waals surface area (Å²) in [6, 6.07) is 21.2. The maximum atomic E-state index is 12.0. The summed E-state index contributed by atoms with van der Waals surface area (Å²) in [5.74, 6) is 0.756. The zero-order valence-electron chi connectivity index (χ0n) is 12.5. The predicted octanol–water partition coefficient (Wildman–Crippen LogP) is 4.49. The van der Waals surface area contributed by atoms with E-state index in [1.807, 2.05) is 36.4 Å². The fraction of sp³-hybridized carbons (Fsp3) is 0.0500. The van der Waals surface area contributed by atoms with Gasteiger partial charge >= 0.3 is 5.97 Å². The van der Waals surface area contributed by atoms with E-state index in [1.54, 1.807) is 30.5 Å². The van der Waals surface area contributed by atoms with Crippen LogP contribution in [0.15, 0.2) is 83.5 Å². The van der Waals surface area contributed by atoms with Crippen molar-refractivity contribution in [3.63, 3.8) is 0 Å². The minimum atomic E-state index is -0.429. The van der Waals surface area contributed by atoms with Gasteiger partial charge in [0.25, 0.3) is 0 Å². The van der Waals surface area contributed by atoms with Gasteiger partial charge in [0, 0.05) is 12.5 Å².